The summed E-state index contributed by atoms with van der Waals surface area (Å²) < 4.78 is 0. The Kier molecular flexibility index (Phi) is 52.7. The molecule has 0 bridgehead atoms. The number of nitrogens with one attached hydrogen (secondary N) is 2. The van der Waals surface area contributed by atoms with Crippen LogP contribution < -0.4 is 27.8 Å². The van der Waals surface area contributed by atoms with Gasteiger partial charge < -0.3 is 27.8 Å². The molecule has 0 fully saturated rings. The van der Waals surface area contributed by atoms with Crippen molar-refractivity contribution in [3.8, 4) is 0 Å². The second kappa shape index (κ2) is 42.9. The Morgan fingerprint density at radius 1 is 0.711 bits per heavy atom. The molecular weight excluding hydrogens is 498 g/mol. The fraction of sp³-hybridized carbons (Fsp3) is 0.897. The van der Waals surface area contributed by atoms with Crippen LogP contribution in [0.5, 0.6) is 0 Å². The van der Waals surface area contributed by atoms with E-state index in [1.165, 1.54) is 38.5 Å². The van der Waals surface area contributed by atoms with Gasteiger partial charge in [-0.3, -0.25) is 14.4 Å². The first-order valence-electron chi connectivity index (χ1n) is 14.8. The van der Waals surface area contributed by atoms with Gasteiger partial charge in [0.25, 0.3) is 0 Å². The molecule has 2 atom stereocenters. The molecule has 0 saturated heterocycles. The van der Waals surface area contributed by atoms with E-state index >= 15 is 0 Å². The molecule has 0 aromatic heterocycles. The molecule has 0 aliphatic rings. The summed E-state index contributed by atoms with van der Waals surface area (Å²) >= 11 is 3.65. The van der Waals surface area contributed by atoms with Crippen LogP contribution in [0.4, 0.5) is 0 Å². The molecule has 38 heavy (non-hydrogen) atoms. The highest BCUT2D eigenvalue weighted by Crippen LogP contribution is 2.07. The number of amides is 2. The van der Waals surface area contributed by atoms with E-state index in [1.54, 1.807) is 0 Å². The first kappa shape index (κ1) is 46.7. The number of carbonyl (C=O) groups excluding carboxylic acids is 3. The molecular formula is C29H67N5O3S. The first-order chi connectivity index (χ1) is 18.0. The molecule has 0 heterocycles. The van der Waals surface area contributed by atoms with Crippen molar-refractivity contribution in [2.75, 3.05) is 32.7 Å². The van der Waals surface area contributed by atoms with Crippen molar-refractivity contribution in [1.29, 1.82) is 0 Å². The number of nitrogens with two attached hydrogens (primary N) is 3. The van der Waals surface area contributed by atoms with Crippen LogP contribution in [0, 0.1) is 17.8 Å². The Morgan fingerprint density at radius 3 is 1.45 bits per heavy atom. The maximum Gasteiger partial charge on any atom is 0.220 e. The lowest BCUT2D eigenvalue weighted by Gasteiger charge is -2.07. The third kappa shape index (κ3) is 59.8. The average Bonchev–Trinajstić information content (AvgIpc) is 2.91. The topological polar surface area (TPSA) is 153 Å². The van der Waals surface area contributed by atoms with E-state index in [9.17, 15) is 14.4 Å². The van der Waals surface area contributed by atoms with Gasteiger partial charge in [0.2, 0.25) is 12.3 Å². The number of unbranched alkanes of at least 4 members (excludes halogenated alkanes) is 3. The van der Waals surface area contributed by atoms with Gasteiger partial charge in [-0.05, 0) is 30.7 Å². The quantitative estimate of drug-likeness (QED) is 0.0825. The van der Waals surface area contributed by atoms with Gasteiger partial charge in [-0.25, -0.2) is 0 Å². The minimum atomic E-state index is -0.000602. The fourth-order valence-corrected chi connectivity index (χ4v) is 2.50. The zero-order valence-corrected chi connectivity index (χ0v) is 27.2. The van der Waals surface area contributed by atoms with Crippen LogP contribution in [-0.4, -0.2) is 50.2 Å². The van der Waals surface area contributed by atoms with Gasteiger partial charge in [0.1, 0.15) is 0 Å². The summed E-state index contributed by atoms with van der Waals surface area (Å²) in [5, 5.41) is 5.13. The third-order valence-corrected chi connectivity index (χ3v) is 5.92. The zero-order chi connectivity index (χ0) is 30.6. The van der Waals surface area contributed by atoms with E-state index < -0.39 is 0 Å². The van der Waals surface area contributed by atoms with Crippen LogP contribution >= 0.6 is 12.6 Å². The van der Waals surface area contributed by atoms with E-state index in [-0.39, 0.29) is 11.0 Å². The molecule has 0 radical (unpaired) electrons. The maximum atomic E-state index is 11.0. The first-order valence-corrected chi connectivity index (χ1v) is 15.2. The molecule has 0 aliphatic heterocycles. The predicted octanol–water partition coefficient (Wildman–Crippen LogP) is 5.04. The highest BCUT2D eigenvalue weighted by atomic mass is 32.1. The molecule has 2 amide bonds. The predicted molar refractivity (Wildman–Crippen MR) is 170 cm³/mol. The molecule has 8 nitrogen and oxygen atoms in total. The average molecular weight is 566 g/mol. The lowest BCUT2D eigenvalue weighted by molar-refractivity contribution is -0.121. The lowest BCUT2D eigenvalue weighted by Crippen LogP contribution is -2.29. The monoisotopic (exact) mass is 565 g/mol. The molecule has 9 heteroatoms. The van der Waals surface area contributed by atoms with Gasteiger partial charge in [0.05, 0.1) is 0 Å². The number of carbonyl (C=O) groups is 3. The smallest absolute Gasteiger partial charge is 0.220 e. The van der Waals surface area contributed by atoms with Gasteiger partial charge in [-0.15, -0.1) is 12.6 Å². The molecule has 0 aliphatic carbocycles. The Hall–Kier alpha value is -1.16. The largest absolute Gasteiger partial charge is 0.357 e. The third-order valence-electron chi connectivity index (χ3n) is 5.74. The zero-order valence-electron chi connectivity index (χ0n) is 26.3. The molecule has 8 N–H and O–H groups in total. The summed E-state index contributed by atoms with van der Waals surface area (Å²) in [5.74, 6) is 2.03. The van der Waals surface area contributed by atoms with E-state index in [1.807, 2.05) is 6.92 Å². The lowest BCUT2D eigenvalue weighted by atomic mass is 10.1. The van der Waals surface area contributed by atoms with Gasteiger partial charge >= 0.3 is 0 Å². The van der Waals surface area contributed by atoms with E-state index in [4.69, 9.17) is 17.2 Å². The summed E-state index contributed by atoms with van der Waals surface area (Å²) in [5.41, 5.74) is 15.5. The molecule has 0 spiro atoms. The van der Waals surface area contributed by atoms with Crippen LogP contribution in [0.25, 0.3) is 0 Å². The van der Waals surface area contributed by atoms with Gasteiger partial charge in [0, 0.05) is 39.0 Å². The Balaban J connectivity index is -0.000000122. The highest BCUT2D eigenvalue weighted by Gasteiger charge is 2.05. The van der Waals surface area contributed by atoms with Crippen molar-refractivity contribution in [1.82, 2.24) is 10.6 Å². The molecule has 232 valence electrons. The van der Waals surface area contributed by atoms with Crippen molar-refractivity contribution in [3.05, 3.63) is 0 Å². The Labute approximate surface area is 242 Å². The minimum Gasteiger partial charge on any atom is -0.357 e. The van der Waals surface area contributed by atoms with Crippen LogP contribution in [0.3, 0.4) is 0 Å². The van der Waals surface area contributed by atoms with Crippen molar-refractivity contribution in [2.45, 2.75) is 120 Å². The van der Waals surface area contributed by atoms with Crippen LogP contribution in [0.15, 0.2) is 0 Å². The molecule has 0 aromatic carbocycles. The highest BCUT2D eigenvalue weighted by molar-refractivity contribution is 7.96. The van der Waals surface area contributed by atoms with Crippen molar-refractivity contribution in [3.63, 3.8) is 0 Å². The number of hydrogen-bond acceptors (Lipinski definition) is 6. The number of thiol groups is 1. The van der Waals surface area contributed by atoms with Crippen molar-refractivity contribution < 1.29 is 14.4 Å². The van der Waals surface area contributed by atoms with Gasteiger partial charge in [-0.1, -0.05) is 100 Å². The van der Waals surface area contributed by atoms with Crippen molar-refractivity contribution in [2.24, 2.45) is 35.0 Å². The summed E-state index contributed by atoms with van der Waals surface area (Å²) in [7, 11) is 0. The fourth-order valence-electron chi connectivity index (χ4n) is 2.19. The summed E-state index contributed by atoms with van der Waals surface area (Å²) in [6.07, 6.45) is 11.8. The number of hydrogen-bond donors (Lipinski definition) is 6. The van der Waals surface area contributed by atoms with Crippen LogP contribution in [-0.2, 0) is 14.4 Å². The minimum absolute atomic E-state index is 0.000602. The van der Waals surface area contributed by atoms with Gasteiger partial charge in [0.15, 0.2) is 5.12 Å². The summed E-state index contributed by atoms with van der Waals surface area (Å²) in [6, 6.07) is 0. The van der Waals surface area contributed by atoms with E-state index in [0.29, 0.717) is 57.3 Å². The van der Waals surface area contributed by atoms with Crippen LogP contribution in [0.2, 0.25) is 0 Å². The second-order valence-electron chi connectivity index (χ2n) is 9.60. The normalized spacial score (nSPS) is 11.0. The standard InChI is InChI=1S/C8H18N2O.C6H15N.C6H12OS.C6H14.C3H8N2O/c1-3-7(2)6-8(11)10-5-4-9;1-2-3-4-5-6-7;1-3-5(2)4-6(7)8;1-4-6(3)5-2;4-1-2-5-3-6/h7H,3-6,9H2,1-2H3,(H,10,11);2-7H2,1H3;5H,3-4H2,1-2H3,(H,7,8);6H,4-5H2,1-3H3;3H,1-2,4H2,(H,5,6). The number of rotatable bonds is 17. The molecule has 0 rings (SSSR count). The molecule has 2 unspecified atom stereocenters. The SMILES string of the molecule is CCC(C)CC.CCC(C)CC(=O)NCCN.CCC(C)CC(=O)S.CCCCCCN.NCCNC=O. The van der Waals surface area contributed by atoms with E-state index in [0.717, 1.165) is 25.3 Å². The second-order valence-corrected chi connectivity index (χ2v) is 10.1. The Bertz CT molecular complexity index is 463. The molecule has 0 saturated carbocycles. The van der Waals surface area contributed by atoms with E-state index in [2.05, 4.69) is 71.7 Å². The molecule has 0 aromatic rings. The summed E-state index contributed by atoms with van der Waals surface area (Å²) in [4.78, 5) is 30.7. The van der Waals surface area contributed by atoms with Gasteiger partial charge in [-0.2, -0.15) is 0 Å². The summed E-state index contributed by atoms with van der Waals surface area (Å²) in [6.45, 7) is 20.3. The Morgan fingerprint density at radius 2 is 1.18 bits per heavy atom. The van der Waals surface area contributed by atoms with Crippen LogP contribution in [0.1, 0.15) is 120 Å². The maximum absolute atomic E-state index is 11.0. The van der Waals surface area contributed by atoms with Crippen molar-refractivity contribution >= 4 is 30.1 Å².